The normalized spacial score (nSPS) is 15.7. The van der Waals surface area contributed by atoms with Crippen LogP contribution in [0.4, 0.5) is 8.78 Å². The number of ether oxygens (including phenoxy) is 1. The first-order valence-electron chi connectivity index (χ1n) is 8.15. The summed E-state index contributed by atoms with van der Waals surface area (Å²) in [7, 11) is -5.73. The van der Waals surface area contributed by atoms with Crippen molar-refractivity contribution >= 4 is 50.9 Å². The Labute approximate surface area is 166 Å². The second-order valence-corrected chi connectivity index (χ2v) is 9.94. The maximum atomic E-state index is 14.2. The quantitative estimate of drug-likeness (QED) is 0.500. The zero-order valence-corrected chi connectivity index (χ0v) is 17.3. The van der Waals surface area contributed by atoms with E-state index in [1.807, 2.05) is 0 Å². The fourth-order valence-corrected chi connectivity index (χ4v) is 5.81. The van der Waals surface area contributed by atoms with Crippen LogP contribution in [0.25, 0.3) is 10.1 Å². The summed E-state index contributed by atoms with van der Waals surface area (Å²) >= 11 is 3.51. The molecule has 1 aromatic carbocycles. The van der Waals surface area contributed by atoms with Gasteiger partial charge in [0.15, 0.2) is 0 Å². The number of hydrogen-bond acceptors (Lipinski definition) is 4. The van der Waals surface area contributed by atoms with Gasteiger partial charge < -0.3 is 20.3 Å². The predicted molar refractivity (Wildman–Crippen MR) is 101 cm³/mol. The van der Waals surface area contributed by atoms with Crippen LogP contribution in [0.2, 0.25) is 0 Å². The molecule has 6 nitrogen and oxygen atoms in total. The molecule has 0 spiro atoms. The van der Waals surface area contributed by atoms with E-state index in [9.17, 15) is 18.1 Å². The number of carbonyl (C=O) groups excluding carboxylic acids is 1. The Kier molecular flexibility index (Phi) is 5.67. The number of rotatable bonds is 7. The van der Waals surface area contributed by atoms with Crippen molar-refractivity contribution in [2.75, 3.05) is 6.61 Å². The Morgan fingerprint density at radius 2 is 2.07 bits per heavy atom. The van der Waals surface area contributed by atoms with Crippen LogP contribution in [0.3, 0.4) is 0 Å². The van der Waals surface area contributed by atoms with Gasteiger partial charge in [-0.2, -0.15) is 8.78 Å². The molecule has 1 amide bonds. The van der Waals surface area contributed by atoms with Gasteiger partial charge in [-0.3, -0.25) is 9.36 Å². The Bertz CT molecular complexity index is 941. The fourth-order valence-electron chi connectivity index (χ4n) is 2.83. The van der Waals surface area contributed by atoms with E-state index in [-0.39, 0.29) is 25.9 Å². The molecule has 4 N–H and O–H groups in total. The van der Waals surface area contributed by atoms with E-state index in [0.29, 0.717) is 23.9 Å². The lowest BCUT2D eigenvalue weighted by atomic mass is 9.83. The van der Waals surface area contributed by atoms with Crippen LogP contribution in [-0.2, 0) is 10.2 Å². The van der Waals surface area contributed by atoms with E-state index in [2.05, 4.69) is 15.9 Å². The molecule has 0 unspecified atom stereocenters. The fraction of sp³-hybridized carbons (Fsp3) is 0.438. The average molecular weight is 484 g/mol. The molecule has 1 fully saturated rings. The van der Waals surface area contributed by atoms with Crippen molar-refractivity contribution in [2.24, 2.45) is 11.7 Å². The van der Waals surface area contributed by atoms with Gasteiger partial charge in [0.2, 0.25) is 5.91 Å². The van der Waals surface area contributed by atoms with Gasteiger partial charge >= 0.3 is 13.3 Å². The van der Waals surface area contributed by atoms with Crippen molar-refractivity contribution in [2.45, 2.75) is 31.3 Å². The molecule has 11 heteroatoms. The van der Waals surface area contributed by atoms with Crippen LogP contribution in [0.15, 0.2) is 16.6 Å². The van der Waals surface area contributed by atoms with E-state index in [0.717, 1.165) is 19.3 Å². The van der Waals surface area contributed by atoms with Gasteiger partial charge in [0.05, 0.1) is 11.3 Å². The molecule has 0 radical (unpaired) electrons. The van der Waals surface area contributed by atoms with Crippen molar-refractivity contribution in [1.29, 1.82) is 0 Å². The Balaban J connectivity index is 2.06. The molecule has 1 aliphatic carbocycles. The van der Waals surface area contributed by atoms with E-state index in [4.69, 9.17) is 20.3 Å². The molecule has 0 aliphatic heterocycles. The number of thiophene rings is 1. The minimum Gasteiger partial charge on any atom is -0.492 e. The third kappa shape index (κ3) is 3.91. The third-order valence-corrected chi connectivity index (χ3v) is 8.11. The molecular formula is C16H17BrF2NO5PS. The van der Waals surface area contributed by atoms with Crippen molar-refractivity contribution < 1.29 is 32.7 Å². The SMILES string of the molecule is NC(=O)c1cc(OCCC2CCC2)c2sc(C(F)(F)P(=O)(O)O)c(Br)c2c1. The summed E-state index contributed by atoms with van der Waals surface area (Å²) in [5, 5.41) is 0.193. The van der Waals surface area contributed by atoms with E-state index < -0.39 is 24.0 Å². The first-order chi connectivity index (χ1) is 12.5. The van der Waals surface area contributed by atoms with Gasteiger partial charge in [0, 0.05) is 15.4 Å². The number of halogens is 3. The third-order valence-electron chi connectivity index (χ3n) is 4.63. The number of carbonyl (C=O) groups is 1. The number of nitrogens with two attached hydrogens (primary N) is 1. The molecule has 1 heterocycles. The van der Waals surface area contributed by atoms with Crippen molar-refractivity contribution in [3.05, 3.63) is 27.0 Å². The van der Waals surface area contributed by atoms with Crippen LogP contribution in [0, 0.1) is 5.92 Å². The molecule has 0 bridgehead atoms. The van der Waals surface area contributed by atoms with Crippen LogP contribution < -0.4 is 10.5 Å². The summed E-state index contributed by atoms with van der Waals surface area (Å²) in [6.07, 6.45) is 4.25. The summed E-state index contributed by atoms with van der Waals surface area (Å²) in [6.45, 7) is 0.349. The molecular weight excluding hydrogens is 467 g/mol. The summed E-state index contributed by atoms with van der Waals surface area (Å²) in [5.74, 6) is 0.00524. The average Bonchev–Trinajstić information content (AvgIpc) is 2.86. The number of benzene rings is 1. The molecule has 27 heavy (non-hydrogen) atoms. The van der Waals surface area contributed by atoms with Gasteiger partial charge in [-0.15, -0.1) is 11.3 Å². The number of fused-ring (bicyclic) bond motifs is 1. The predicted octanol–water partition coefficient (Wildman–Crippen LogP) is 4.56. The highest BCUT2D eigenvalue weighted by Gasteiger charge is 2.53. The van der Waals surface area contributed by atoms with Gasteiger partial charge in [0.25, 0.3) is 0 Å². The highest BCUT2D eigenvalue weighted by molar-refractivity contribution is 9.10. The maximum absolute atomic E-state index is 14.2. The lowest BCUT2D eigenvalue weighted by Gasteiger charge is -2.25. The second kappa shape index (κ2) is 7.40. The molecule has 1 aromatic heterocycles. The van der Waals surface area contributed by atoms with Crippen LogP contribution in [0.1, 0.15) is 40.9 Å². The Hall–Kier alpha value is -1.06. The summed E-state index contributed by atoms with van der Waals surface area (Å²) < 4.78 is 45.6. The lowest BCUT2D eigenvalue weighted by Crippen LogP contribution is -2.15. The standard InChI is InChI=1S/C16H17BrF2NO5PS/c17-12-10-6-9(15(20)21)7-11(25-5-4-8-2-1-3-8)13(10)27-14(12)16(18,19)26(22,23)24/h6-8H,1-5H2,(H2,20,21)(H2,22,23,24). The number of hydrogen-bond donors (Lipinski definition) is 3. The van der Waals surface area contributed by atoms with Crippen molar-refractivity contribution in [1.82, 2.24) is 0 Å². The highest BCUT2D eigenvalue weighted by atomic mass is 79.9. The highest BCUT2D eigenvalue weighted by Crippen LogP contribution is 2.63. The molecule has 1 saturated carbocycles. The monoisotopic (exact) mass is 483 g/mol. The van der Waals surface area contributed by atoms with E-state index in [1.54, 1.807) is 0 Å². The Morgan fingerprint density at radius 1 is 1.41 bits per heavy atom. The minimum absolute atomic E-state index is 0.0608. The van der Waals surface area contributed by atoms with Crippen molar-refractivity contribution in [3.63, 3.8) is 0 Å². The second-order valence-electron chi connectivity index (χ2n) is 6.48. The molecule has 0 atom stereocenters. The maximum Gasteiger partial charge on any atom is 0.400 e. The smallest absolute Gasteiger partial charge is 0.400 e. The van der Waals surface area contributed by atoms with Crippen LogP contribution in [0.5, 0.6) is 5.75 Å². The Morgan fingerprint density at radius 3 is 2.59 bits per heavy atom. The molecule has 148 valence electrons. The van der Waals surface area contributed by atoms with Gasteiger partial charge in [0.1, 0.15) is 10.6 Å². The van der Waals surface area contributed by atoms with Gasteiger partial charge in [-0.25, -0.2) is 0 Å². The topological polar surface area (TPSA) is 110 Å². The van der Waals surface area contributed by atoms with Crippen molar-refractivity contribution in [3.8, 4) is 5.75 Å². The molecule has 3 rings (SSSR count). The lowest BCUT2D eigenvalue weighted by molar-refractivity contribution is 0.0595. The first kappa shape index (κ1) is 20.7. The van der Waals surface area contributed by atoms with Gasteiger partial charge in [-0.05, 0) is 40.4 Å². The molecule has 2 aromatic rings. The molecule has 1 aliphatic rings. The number of alkyl halides is 2. The van der Waals surface area contributed by atoms with Crippen LogP contribution >= 0.6 is 34.9 Å². The summed E-state index contributed by atoms with van der Waals surface area (Å²) in [6, 6.07) is 2.67. The summed E-state index contributed by atoms with van der Waals surface area (Å²) in [5.41, 5.74) is 1.01. The number of primary amides is 1. The molecule has 0 saturated heterocycles. The zero-order valence-electron chi connectivity index (χ0n) is 14.0. The first-order valence-corrected chi connectivity index (χ1v) is 11.4. The number of amides is 1. The van der Waals surface area contributed by atoms with Gasteiger partial charge in [-0.1, -0.05) is 19.3 Å². The van der Waals surface area contributed by atoms with E-state index in [1.165, 1.54) is 18.6 Å². The minimum atomic E-state index is -5.73. The largest absolute Gasteiger partial charge is 0.492 e. The zero-order chi connectivity index (χ0) is 20.0. The summed E-state index contributed by atoms with van der Waals surface area (Å²) in [4.78, 5) is 28.8. The van der Waals surface area contributed by atoms with E-state index >= 15 is 0 Å². The van der Waals surface area contributed by atoms with Crippen LogP contribution in [-0.4, -0.2) is 22.3 Å².